The number of amides is 1. The number of hydrogen-bond donors (Lipinski definition) is 1. The molecule has 15 heavy (non-hydrogen) atoms. The molecule has 1 rings (SSSR count). The highest BCUT2D eigenvalue weighted by Crippen LogP contribution is 2.15. The Balaban J connectivity index is 2.44. The first-order valence-corrected chi connectivity index (χ1v) is 6.13. The first-order valence-electron chi connectivity index (χ1n) is 6.13. The van der Waals surface area contributed by atoms with E-state index in [4.69, 9.17) is 0 Å². The molecule has 0 spiro atoms. The Morgan fingerprint density at radius 1 is 1.40 bits per heavy atom. The largest absolute Gasteiger partial charge is 0.339 e. The highest BCUT2D eigenvalue weighted by molar-refractivity contribution is 5.79. The van der Waals surface area contributed by atoms with Gasteiger partial charge in [0, 0.05) is 31.1 Å². The van der Waals surface area contributed by atoms with Crippen molar-refractivity contribution in [1.29, 1.82) is 0 Å². The number of likely N-dealkylation sites (tertiary alicyclic amines) is 1. The second-order valence-electron chi connectivity index (χ2n) is 4.72. The maximum absolute atomic E-state index is 11.7. The topological polar surface area (TPSA) is 32.3 Å². The van der Waals surface area contributed by atoms with Gasteiger partial charge in [0.25, 0.3) is 0 Å². The molecule has 1 N–H and O–H groups in total. The number of nitrogens with one attached hydrogen (secondary N) is 1. The second-order valence-corrected chi connectivity index (χ2v) is 4.72. The molecule has 0 bridgehead atoms. The van der Waals surface area contributed by atoms with E-state index in [0.717, 1.165) is 19.4 Å². The smallest absolute Gasteiger partial charge is 0.224 e. The Hall–Kier alpha value is -0.570. The Kier molecular flexibility index (Phi) is 4.58. The van der Waals surface area contributed by atoms with Crippen molar-refractivity contribution < 1.29 is 4.79 Å². The summed E-state index contributed by atoms with van der Waals surface area (Å²) in [6, 6.07) is 1.27. The molecule has 0 aromatic rings. The minimum absolute atomic E-state index is 0.299. The predicted octanol–water partition coefficient (Wildman–Crippen LogP) is 1.77. The van der Waals surface area contributed by atoms with Crippen molar-refractivity contribution in [3.8, 4) is 0 Å². The van der Waals surface area contributed by atoms with Crippen molar-refractivity contribution >= 4 is 5.91 Å². The molecule has 0 aliphatic carbocycles. The van der Waals surface area contributed by atoms with E-state index in [9.17, 15) is 4.79 Å². The lowest BCUT2D eigenvalue weighted by Gasteiger charge is -2.23. The molecule has 1 aliphatic rings. The van der Waals surface area contributed by atoms with Crippen LogP contribution in [-0.2, 0) is 4.79 Å². The van der Waals surface area contributed by atoms with Crippen LogP contribution >= 0.6 is 0 Å². The zero-order valence-electron chi connectivity index (χ0n) is 10.4. The van der Waals surface area contributed by atoms with Gasteiger partial charge in [-0.25, -0.2) is 0 Å². The van der Waals surface area contributed by atoms with Crippen LogP contribution < -0.4 is 5.32 Å². The van der Waals surface area contributed by atoms with Gasteiger partial charge in [-0.2, -0.15) is 0 Å². The summed E-state index contributed by atoms with van der Waals surface area (Å²) in [7, 11) is 0. The van der Waals surface area contributed by atoms with Crippen LogP contribution in [0.4, 0.5) is 0 Å². The standard InChI is InChI=1S/C12H24N2O/c1-5-10(6-2)13-11-7-12(15)14(8-11)9(3)4/h9-11,13H,5-8H2,1-4H3. The summed E-state index contributed by atoms with van der Waals surface area (Å²) in [4.78, 5) is 13.6. The SMILES string of the molecule is CCC(CC)NC1CC(=O)N(C(C)C)C1. The van der Waals surface area contributed by atoms with Crippen molar-refractivity contribution in [2.24, 2.45) is 0 Å². The molecule has 3 heteroatoms. The summed E-state index contributed by atoms with van der Waals surface area (Å²) in [6.07, 6.45) is 2.96. The van der Waals surface area contributed by atoms with E-state index in [-0.39, 0.29) is 0 Å². The molecule has 1 atom stereocenters. The van der Waals surface area contributed by atoms with Crippen molar-refractivity contribution in [2.45, 2.75) is 65.1 Å². The summed E-state index contributed by atoms with van der Waals surface area (Å²) in [5.41, 5.74) is 0. The van der Waals surface area contributed by atoms with Crippen LogP contribution in [0.15, 0.2) is 0 Å². The molecule has 0 aromatic heterocycles. The first-order chi connectivity index (χ1) is 7.08. The van der Waals surface area contributed by atoms with E-state index < -0.39 is 0 Å². The first kappa shape index (κ1) is 12.5. The third-order valence-electron chi connectivity index (χ3n) is 3.24. The maximum atomic E-state index is 11.7. The van der Waals surface area contributed by atoms with Gasteiger partial charge in [0.1, 0.15) is 0 Å². The number of carbonyl (C=O) groups excluding carboxylic acids is 1. The van der Waals surface area contributed by atoms with Gasteiger partial charge in [-0.3, -0.25) is 4.79 Å². The zero-order valence-corrected chi connectivity index (χ0v) is 10.4. The molecule has 1 unspecified atom stereocenters. The molecule has 1 heterocycles. The Morgan fingerprint density at radius 2 is 2.00 bits per heavy atom. The van der Waals surface area contributed by atoms with Gasteiger partial charge in [0.2, 0.25) is 5.91 Å². The summed E-state index contributed by atoms with van der Waals surface area (Å²) in [5, 5.41) is 3.57. The Labute approximate surface area is 93.2 Å². The van der Waals surface area contributed by atoms with Crippen LogP contribution in [0, 0.1) is 0 Å². The second kappa shape index (κ2) is 5.50. The third kappa shape index (κ3) is 3.20. The zero-order chi connectivity index (χ0) is 11.4. The van der Waals surface area contributed by atoms with Crippen LogP contribution in [-0.4, -0.2) is 35.5 Å². The van der Waals surface area contributed by atoms with Crippen LogP contribution in [0.1, 0.15) is 47.0 Å². The van der Waals surface area contributed by atoms with Crippen LogP contribution in [0.2, 0.25) is 0 Å². The Bertz CT molecular complexity index is 212. The predicted molar refractivity (Wildman–Crippen MR) is 62.8 cm³/mol. The van der Waals surface area contributed by atoms with Crippen LogP contribution in [0.25, 0.3) is 0 Å². The monoisotopic (exact) mass is 212 g/mol. The quantitative estimate of drug-likeness (QED) is 0.753. The molecule has 1 aliphatic heterocycles. The molecule has 88 valence electrons. The van der Waals surface area contributed by atoms with Gasteiger partial charge >= 0.3 is 0 Å². The molecule has 0 saturated carbocycles. The normalized spacial score (nSPS) is 22.1. The van der Waals surface area contributed by atoms with E-state index in [1.807, 2.05) is 4.90 Å². The summed E-state index contributed by atoms with van der Waals surface area (Å²) >= 11 is 0. The summed E-state index contributed by atoms with van der Waals surface area (Å²) < 4.78 is 0. The molecule has 1 amide bonds. The third-order valence-corrected chi connectivity index (χ3v) is 3.24. The molecule has 3 nitrogen and oxygen atoms in total. The van der Waals surface area contributed by atoms with E-state index >= 15 is 0 Å². The fraction of sp³-hybridized carbons (Fsp3) is 0.917. The van der Waals surface area contributed by atoms with E-state index in [1.165, 1.54) is 0 Å². The lowest BCUT2D eigenvalue weighted by molar-refractivity contribution is -0.129. The molecule has 0 aromatic carbocycles. The minimum atomic E-state index is 0.299. The highest BCUT2D eigenvalue weighted by atomic mass is 16.2. The van der Waals surface area contributed by atoms with E-state index in [2.05, 4.69) is 33.0 Å². The average Bonchev–Trinajstić information content (AvgIpc) is 2.56. The fourth-order valence-electron chi connectivity index (χ4n) is 2.20. The molecule has 1 saturated heterocycles. The van der Waals surface area contributed by atoms with Gasteiger partial charge in [0.05, 0.1) is 0 Å². The maximum Gasteiger partial charge on any atom is 0.224 e. The number of carbonyl (C=O) groups is 1. The summed E-state index contributed by atoms with van der Waals surface area (Å²) in [6.45, 7) is 9.43. The van der Waals surface area contributed by atoms with Gasteiger partial charge < -0.3 is 10.2 Å². The van der Waals surface area contributed by atoms with Crippen LogP contribution in [0.5, 0.6) is 0 Å². The van der Waals surface area contributed by atoms with Gasteiger partial charge in [-0.05, 0) is 26.7 Å². The number of rotatable bonds is 5. The van der Waals surface area contributed by atoms with E-state index in [1.54, 1.807) is 0 Å². The highest BCUT2D eigenvalue weighted by Gasteiger charge is 2.31. The average molecular weight is 212 g/mol. The fourth-order valence-corrected chi connectivity index (χ4v) is 2.20. The van der Waals surface area contributed by atoms with E-state index in [0.29, 0.717) is 30.5 Å². The molecule has 1 fully saturated rings. The van der Waals surface area contributed by atoms with Gasteiger partial charge in [-0.1, -0.05) is 13.8 Å². The van der Waals surface area contributed by atoms with Crippen molar-refractivity contribution in [3.63, 3.8) is 0 Å². The number of nitrogens with zero attached hydrogens (tertiary/aromatic N) is 1. The van der Waals surface area contributed by atoms with Crippen molar-refractivity contribution in [3.05, 3.63) is 0 Å². The minimum Gasteiger partial charge on any atom is -0.339 e. The molecular formula is C12H24N2O. The molecule has 0 radical (unpaired) electrons. The van der Waals surface area contributed by atoms with Gasteiger partial charge in [-0.15, -0.1) is 0 Å². The van der Waals surface area contributed by atoms with Crippen LogP contribution in [0.3, 0.4) is 0 Å². The summed E-state index contributed by atoms with van der Waals surface area (Å²) in [5.74, 6) is 0.299. The van der Waals surface area contributed by atoms with Crippen molar-refractivity contribution in [1.82, 2.24) is 10.2 Å². The lowest BCUT2D eigenvalue weighted by atomic mass is 10.1. The number of hydrogen-bond acceptors (Lipinski definition) is 2. The van der Waals surface area contributed by atoms with Crippen molar-refractivity contribution in [2.75, 3.05) is 6.54 Å². The molecular weight excluding hydrogens is 188 g/mol. The van der Waals surface area contributed by atoms with Gasteiger partial charge in [0.15, 0.2) is 0 Å². The Morgan fingerprint density at radius 3 is 2.40 bits per heavy atom. The lowest BCUT2D eigenvalue weighted by Crippen LogP contribution is -2.40.